The molecular formula is C17H24N2O4S. The van der Waals surface area contributed by atoms with Crippen molar-refractivity contribution in [1.82, 2.24) is 10.0 Å². The molecule has 7 heteroatoms. The van der Waals surface area contributed by atoms with Gasteiger partial charge in [0.1, 0.15) is 5.75 Å². The second kappa shape index (κ2) is 7.53. The zero-order chi connectivity index (χ0) is 17.0. The van der Waals surface area contributed by atoms with Gasteiger partial charge in [0, 0.05) is 25.4 Å². The number of nitrogens with one attached hydrogen (secondary N) is 2. The molecule has 1 fully saturated rings. The van der Waals surface area contributed by atoms with Crippen molar-refractivity contribution in [1.29, 1.82) is 0 Å². The summed E-state index contributed by atoms with van der Waals surface area (Å²) in [5.41, 5.74) is 0.910. The van der Waals surface area contributed by atoms with E-state index in [1.54, 1.807) is 12.1 Å². The van der Waals surface area contributed by atoms with E-state index in [9.17, 15) is 13.2 Å². The SMILES string of the molecule is O=C(CCNS(=O)(=O)c1ccc2c(c1)CCO2)NC1CCCCC1. The summed E-state index contributed by atoms with van der Waals surface area (Å²) in [6, 6.07) is 5.12. The van der Waals surface area contributed by atoms with Crippen LogP contribution >= 0.6 is 0 Å². The summed E-state index contributed by atoms with van der Waals surface area (Å²) in [4.78, 5) is 12.1. The molecule has 0 bridgehead atoms. The zero-order valence-electron chi connectivity index (χ0n) is 13.7. The summed E-state index contributed by atoms with van der Waals surface area (Å²) < 4.78 is 32.5. The van der Waals surface area contributed by atoms with Gasteiger partial charge >= 0.3 is 0 Å². The molecule has 1 heterocycles. The number of benzene rings is 1. The highest BCUT2D eigenvalue weighted by molar-refractivity contribution is 7.89. The van der Waals surface area contributed by atoms with Gasteiger partial charge in [-0.1, -0.05) is 19.3 Å². The molecule has 1 saturated carbocycles. The number of fused-ring (bicyclic) bond motifs is 1. The molecule has 2 N–H and O–H groups in total. The maximum atomic E-state index is 12.3. The average Bonchev–Trinajstić information content (AvgIpc) is 3.03. The fraction of sp³-hybridized carbons (Fsp3) is 0.588. The van der Waals surface area contributed by atoms with Crippen LogP contribution in [0.3, 0.4) is 0 Å². The van der Waals surface area contributed by atoms with Crippen LogP contribution in [-0.2, 0) is 21.2 Å². The number of carbonyl (C=O) groups excluding carboxylic acids is 1. The fourth-order valence-electron chi connectivity index (χ4n) is 3.26. The summed E-state index contributed by atoms with van der Waals surface area (Å²) in [6.45, 7) is 0.697. The average molecular weight is 352 g/mol. The number of sulfonamides is 1. The van der Waals surface area contributed by atoms with Crippen molar-refractivity contribution < 1.29 is 17.9 Å². The van der Waals surface area contributed by atoms with Gasteiger partial charge in [-0.3, -0.25) is 4.79 Å². The highest BCUT2D eigenvalue weighted by Gasteiger charge is 2.20. The Balaban J connectivity index is 1.49. The van der Waals surface area contributed by atoms with Crippen LogP contribution in [0.25, 0.3) is 0 Å². The molecular weight excluding hydrogens is 328 g/mol. The van der Waals surface area contributed by atoms with Gasteiger partial charge in [-0.2, -0.15) is 0 Å². The van der Waals surface area contributed by atoms with E-state index in [0.29, 0.717) is 6.61 Å². The molecule has 0 radical (unpaired) electrons. The highest BCUT2D eigenvalue weighted by atomic mass is 32.2. The molecule has 0 aromatic heterocycles. The minimum atomic E-state index is -3.60. The second-order valence-electron chi connectivity index (χ2n) is 6.42. The van der Waals surface area contributed by atoms with Crippen LogP contribution in [0.2, 0.25) is 0 Å². The van der Waals surface area contributed by atoms with Crippen molar-refractivity contribution in [3.05, 3.63) is 23.8 Å². The molecule has 1 aromatic rings. The fourth-order valence-corrected chi connectivity index (χ4v) is 4.34. The molecule has 132 valence electrons. The summed E-state index contributed by atoms with van der Waals surface area (Å²) in [6.07, 6.45) is 6.47. The van der Waals surface area contributed by atoms with E-state index in [4.69, 9.17) is 4.74 Å². The Morgan fingerprint density at radius 2 is 2.00 bits per heavy atom. The van der Waals surface area contributed by atoms with Crippen LogP contribution in [0.4, 0.5) is 0 Å². The number of hydrogen-bond donors (Lipinski definition) is 2. The van der Waals surface area contributed by atoms with E-state index in [2.05, 4.69) is 10.0 Å². The van der Waals surface area contributed by atoms with Crippen molar-refractivity contribution in [2.45, 2.75) is 55.9 Å². The van der Waals surface area contributed by atoms with E-state index in [1.807, 2.05) is 0 Å². The van der Waals surface area contributed by atoms with Gasteiger partial charge in [0.15, 0.2) is 0 Å². The molecule has 0 unspecified atom stereocenters. The molecule has 0 spiro atoms. The first-order chi connectivity index (χ1) is 11.5. The van der Waals surface area contributed by atoms with Crippen LogP contribution in [0, 0.1) is 0 Å². The Bertz CT molecular complexity index is 697. The molecule has 1 amide bonds. The maximum absolute atomic E-state index is 12.3. The predicted octanol–water partition coefficient (Wildman–Crippen LogP) is 1.74. The smallest absolute Gasteiger partial charge is 0.240 e. The molecule has 0 atom stereocenters. The van der Waals surface area contributed by atoms with Crippen molar-refractivity contribution in [2.75, 3.05) is 13.2 Å². The standard InChI is InChI=1S/C17H24N2O4S/c20-17(19-14-4-2-1-3-5-14)8-10-18-24(21,22)15-6-7-16-13(12-15)9-11-23-16/h6-7,12,14,18H,1-5,8-11H2,(H,19,20). The Morgan fingerprint density at radius 1 is 1.21 bits per heavy atom. The predicted molar refractivity (Wildman–Crippen MR) is 90.5 cm³/mol. The van der Waals surface area contributed by atoms with E-state index in [0.717, 1.165) is 43.4 Å². The minimum Gasteiger partial charge on any atom is -0.493 e. The third kappa shape index (κ3) is 4.27. The lowest BCUT2D eigenvalue weighted by molar-refractivity contribution is -0.121. The number of hydrogen-bond acceptors (Lipinski definition) is 4. The van der Waals surface area contributed by atoms with Crippen molar-refractivity contribution in [3.8, 4) is 5.75 Å². The second-order valence-corrected chi connectivity index (χ2v) is 8.19. The van der Waals surface area contributed by atoms with Gasteiger partial charge in [-0.25, -0.2) is 13.1 Å². The number of amides is 1. The molecule has 6 nitrogen and oxygen atoms in total. The topological polar surface area (TPSA) is 84.5 Å². The van der Waals surface area contributed by atoms with E-state index < -0.39 is 10.0 Å². The Hall–Kier alpha value is -1.60. The quantitative estimate of drug-likeness (QED) is 0.817. The van der Waals surface area contributed by atoms with Crippen molar-refractivity contribution in [3.63, 3.8) is 0 Å². The molecule has 0 saturated heterocycles. The van der Waals surface area contributed by atoms with Crippen LogP contribution in [0.5, 0.6) is 5.75 Å². The van der Waals surface area contributed by atoms with Crippen LogP contribution in [-0.4, -0.2) is 33.5 Å². The third-order valence-corrected chi connectivity index (χ3v) is 6.04. The van der Waals surface area contributed by atoms with E-state index in [1.165, 1.54) is 12.5 Å². The van der Waals surface area contributed by atoms with Crippen LogP contribution in [0.15, 0.2) is 23.1 Å². The summed E-state index contributed by atoms with van der Waals surface area (Å²) in [5.74, 6) is 0.660. The third-order valence-electron chi connectivity index (χ3n) is 4.59. The molecule has 1 aliphatic carbocycles. The number of carbonyl (C=O) groups is 1. The first-order valence-corrected chi connectivity index (χ1v) is 10.1. The monoisotopic (exact) mass is 352 g/mol. The Kier molecular flexibility index (Phi) is 5.40. The van der Waals surface area contributed by atoms with Crippen molar-refractivity contribution >= 4 is 15.9 Å². The molecule has 3 rings (SSSR count). The summed E-state index contributed by atoms with van der Waals surface area (Å²) in [5, 5.41) is 2.99. The van der Waals surface area contributed by atoms with Gasteiger partial charge in [-0.15, -0.1) is 0 Å². The number of rotatable bonds is 6. The Labute approximate surface area is 143 Å². The molecule has 1 aromatic carbocycles. The van der Waals surface area contributed by atoms with E-state index >= 15 is 0 Å². The normalized spacial score (nSPS) is 18.0. The zero-order valence-corrected chi connectivity index (χ0v) is 14.5. The molecule has 1 aliphatic heterocycles. The van der Waals surface area contributed by atoms with Crippen LogP contribution < -0.4 is 14.8 Å². The lowest BCUT2D eigenvalue weighted by Gasteiger charge is -2.22. The molecule has 2 aliphatic rings. The Morgan fingerprint density at radius 3 is 2.79 bits per heavy atom. The van der Waals surface area contributed by atoms with Gasteiger partial charge in [0.25, 0.3) is 0 Å². The van der Waals surface area contributed by atoms with E-state index in [-0.39, 0.29) is 29.8 Å². The van der Waals surface area contributed by atoms with Crippen LogP contribution in [0.1, 0.15) is 44.1 Å². The van der Waals surface area contributed by atoms with Gasteiger partial charge in [0.05, 0.1) is 11.5 Å². The largest absolute Gasteiger partial charge is 0.493 e. The minimum absolute atomic E-state index is 0.0908. The lowest BCUT2D eigenvalue weighted by Crippen LogP contribution is -2.38. The highest BCUT2D eigenvalue weighted by Crippen LogP contribution is 2.27. The van der Waals surface area contributed by atoms with Gasteiger partial charge in [0.2, 0.25) is 15.9 Å². The first-order valence-electron chi connectivity index (χ1n) is 8.59. The lowest BCUT2D eigenvalue weighted by atomic mass is 9.95. The van der Waals surface area contributed by atoms with Crippen molar-refractivity contribution in [2.24, 2.45) is 0 Å². The first kappa shape index (κ1) is 17.2. The summed E-state index contributed by atoms with van der Waals surface area (Å²) in [7, 11) is -3.60. The number of ether oxygens (including phenoxy) is 1. The summed E-state index contributed by atoms with van der Waals surface area (Å²) >= 11 is 0. The maximum Gasteiger partial charge on any atom is 0.240 e. The molecule has 24 heavy (non-hydrogen) atoms. The van der Waals surface area contributed by atoms with Gasteiger partial charge < -0.3 is 10.1 Å². The van der Waals surface area contributed by atoms with Gasteiger partial charge in [-0.05, 0) is 36.6 Å².